The highest BCUT2D eigenvalue weighted by molar-refractivity contribution is 6.42. The zero-order valence-corrected chi connectivity index (χ0v) is 11.5. The second-order valence-corrected chi connectivity index (χ2v) is 5.80. The second-order valence-electron chi connectivity index (χ2n) is 4.98. The molecule has 0 saturated heterocycles. The summed E-state index contributed by atoms with van der Waals surface area (Å²) in [5.74, 6) is 1.43. The molecular formula is C13H15Cl2N3. The van der Waals surface area contributed by atoms with E-state index < -0.39 is 0 Å². The van der Waals surface area contributed by atoms with E-state index in [2.05, 4.69) is 9.89 Å². The van der Waals surface area contributed by atoms with Crippen LogP contribution in [0.3, 0.4) is 0 Å². The minimum Gasteiger partial charge on any atom is -0.370 e. The average Bonchev–Trinajstić information content (AvgIpc) is 3.09. The van der Waals surface area contributed by atoms with Crippen LogP contribution in [0.2, 0.25) is 10.0 Å². The van der Waals surface area contributed by atoms with Crippen molar-refractivity contribution in [3.05, 3.63) is 33.8 Å². The van der Waals surface area contributed by atoms with Gasteiger partial charge in [0.15, 0.2) is 5.96 Å². The van der Waals surface area contributed by atoms with Gasteiger partial charge in [0, 0.05) is 6.54 Å². The maximum absolute atomic E-state index is 6.08. The first-order valence-corrected chi connectivity index (χ1v) is 6.92. The minimum absolute atomic E-state index is 0.209. The van der Waals surface area contributed by atoms with Crippen LogP contribution in [0, 0.1) is 5.92 Å². The summed E-state index contributed by atoms with van der Waals surface area (Å²) in [6, 6.07) is 5.97. The number of benzene rings is 1. The van der Waals surface area contributed by atoms with E-state index in [9.17, 15) is 0 Å². The predicted octanol–water partition coefficient (Wildman–Crippen LogP) is 3.07. The highest BCUT2D eigenvalue weighted by Crippen LogP contribution is 2.35. The molecule has 0 spiro atoms. The van der Waals surface area contributed by atoms with Crippen LogP contribution in [0.4, 0.5) is 0 Å². The molecule has 0 amide bonds. The first-order chi connectivity index (χ1) is 8.65. The maximum atomic E-state index is 6.08. The van der Waals surface area contributed by atoms with Crippen molar-refractivity contribution in [3.8, 4) is 0 Å². The van der Waals surface area contributed by atoms with Crippen LogP contribution in [-0.4, -0.2) is 23.9 Å². The molecule has 1 aromatic carbocycles. The number of halogens is 2. The van der Waals surface area contributed by atoms with Crippen molar-refractivity contribution in [2.75, 3.05) is 13.1 Å². The number of nitrogens with zero attached hydrogens (tertiary/aromatic N) is 2. The van der Waals surface area contributed by atoms with E-state index in [0.29, 0.717) is 22.5 Å². The Morgan fingerprint density at radius 1 is 1.28 bits per heavy atom. The van der Waals surface area contributed by atoms with E-state index in [0.717, 1.165) is 18.0 Å². The van der Waals surface area contributed by atoms with Gasteiger partial charge in [0.2, 0.25) is 0 Å². The summed E-state index contributed by atoms with van der Waals surface area (Å²) in [6.45, 7) is 1.71. The van der Waals surface area contributed by atoms with Crippen LogP contribution in [0.15, 0.2) is 23.2 Å². The summed E-state index contributed by atoms with van der Waals surface area (Å²) in [7, 11) is 0. The number of guanidine groups is 1. The Balaban J connectivity index is 1.83. The van der Waals surface area contributed by atoms with Crippen molar-refractivity contribution >= 4 is 29.2 Å². The molecule has 1 aliphatic heterocycles. The molecule has 96 valence electrons. The molecule has 1 aromatic rings. The van der Waals surface area contributed by atoms with Gasteiger partial charge in [-0.2, -0.15) is 0 Å². The minimum atomic E-state index is 0.209. The molecule has 1 unspecified atom stereocenters. The molecule has 1 heterocycles. The Bertz CT molecular complexity index is 497. The van der Waals surface area contributed by atoms with Crippen LogP contribution < -0.4 is 5.73 Å². The summed E-state index contributed by atoms with van der Waals surface area (Å²) in [4.78, 5) is 6.54. The van der Waals surface area contributed by atoms with E-state index in [-0.39, 0.29) is 6.04 Å². The van der Waals surface area contributed by atoms with E-state index in [4.69, 9.17) is 28.9 Å². The molecule has 1 fully saturated rings. The Hall–Kier alpha value is -0.930. The zero-order valence-electron chi connectivity index (χ0n) is 9.94. The number of hydrogen-bond donors (Lipinski definition) is 1. The Kier molecular flexibility index (Phi) is 3.12. The van der Waals surface area contributed by atoms with Gasteiger partial charge >= 0.3 is 0 Å². The third-order valence-corrected chi connectivity index (χ3v) is 4.32. The third kappa shape index (κ3) is 2.29. The molecule has 5 heteroatoms. The number of aliphatic imine (C=N–C) groups is 1. The highest BCUT2D eigenvalue weighted by atomic mass is 35.5. The third-order valence-electron chi connectivity index (χ3n) is 3.58. The van der Waals surface area contributed by atoms with Gasteiger partial charge in [-0.3, -0.25) is 4.99 Å². The van der Waals surface area contributed by atoms with Gasteiger partial charge in [-0.15, -0.1) is 0 Å². The lowest BCUT2D eigenvalue weighted by Crippen LogP contribution is -2.37. The molecule has 2 aliphatic rings. The fourth-order valence-corrected chi connectivity index (χ4v) is 2.64. The van der Waals surface area contributed by atoms with E-state index in [1.165, 1.54) is 12.8 Å². The van der Waals surface area contributed by atoms with Gasteiger partial charge in [-0.1, -0.05) is 29.3 Å². The van der Waals surface area contributed by atoms with Gasteiger partial charge in [0.05, 0.1) is 22.6 Å². The summed E-state index contributed by atoms with van der Waals surface area (Å²) in [5, 5.41) is 1.17. The molecule has 0 aromatic heterocycles. The van der Waals surface area contributed by atoms with Gasteiger partial charge in [0.25, 0.3) is 0 Å². The summed E-state index contributed by atoms with van der Waals surface area (Å²) in [5.41, 5.74) is 7.10. The van der Waals surface area contributed by atoms with Gasteiger partial charge in [-0.25, -0.2) is 0 Å². The Morgan fingerprint density at radius 3 is 2.72 bits per heavy atom. The largest absolute Gasteiger partial charge is 0.370 e. The SMILES string of the molecule is NC1=NCC(c2ccc(Cl)c(Cl)c2)N1CC1CC1. The molecule has 3 nitrogen and oxygen atoms in total. The molecule has 1 atom stereocenters. The molecule has 1 aliphatic carbocycles. The van der Waals surface area contributed by atoms with Crippen molar-refractivity contribution in [3.63, 3.8) is 0 Å². The molecule has 2 N–H and O–H groups in total. The average molecular weight is 284 g/mol. The monoisotopic (exact) mass is 283 g/mol. The molecular weight excluding hydrogens is 269 g/mol. The lowest BCUT2D eigenvalue weighted by molar-refractivity contribution is 0.334. The van der Waals surface area contributed by atoms with Crippen LogP contribution in [0.5, 0.6) is 0 Å². The summed E-state index contributed by atoms with van der Waals surface area (Å²) >= 11 is 12.0. The molecule has 0 radical (unpaired) electrons. The van der Waals surface area contributed by atoms with Crippen molar-refractivity contribution in [2.45, 2.75) is 18.9 Å². The summed E-state index contributed by atoms with van der Waals surface area (Å²) < 4.78 is 0. The van der Waals surface area contributed by atoms with Crippen LogP contribution >= 0.6 is 23.2 Å². The Morgan fingerprint density at radius 2 is 2.06 bits per heavy atom. The van der Waals surface area contributed by atoms with E-state index >= 15 is 0 Å². The number of rotatable bonds is 3. The van der Waals surface area contributed by atoms with Gasteiger partial charge in [0.1, 0.15) is 0 Å². The van der Waals surface area contributed by atoms with Crippen LogP contribution in [-0.2, 0) is 0 Å². The maximum Gasteiger partial charge on any atom is 0.191 e. The van der Waals surface area contributed by atoms with Crippen LogP contribution in [0.25, 0.3) is 0 Å². The van der Waals surface area contributed by atoms with Crippen molar-refractivity contribution < 1.29 is 0 Å². The quantitative estimate of drug-likeness (QED) is 0.926. The summed E-state index contributed by atoms with van der Waals surface area (Å²) in [6.07, 6.45) is 2.61. The molecule has 1 saturated carbocycles. The molecule has 3 rings (SSSR count). The van der Waals surface area contributed by atoms with Gasteiger partial charge in [-0.05, 0) is 36.5 Å². The highest BCUT2D eigenvalue weighted by Gasteiger charge is 2.33. The zero-order chi connectivity index (χ0) is 12.7. The fraction of sp³-hybridized carbons (Fsp3) is 0.462. The lowest BCUT2D eigenvalue weighted by Gasteiger charge is -2.26. The fourth-order valence-electron chi connectivity index (χ4n) is 2.33. The number of nitrogens with two attached hydrogens (primary N) is 1. The number of hydrogen-bond acceptors (Lipinski definition) is 3. The smallest absolute Gasteiger partial charge is 0.191 e. The first kappa shape index (κ1) is 12.1. The van der Waals surface area contributed by atoms with Gasteiger partial charge < -0.3 is 10.6 Å². The van der Waals surface area contributed by atoms with Crippen molar-refractivity contribution in [2.24, 2.45) is 16.6 Å². The predicted molar refractivity (Wildman–Crippen MR) is 75.1 cm³/mol. The van der Waals surface area contributed by atoms with E-state index in [1.54, 1.807) is 0 Å². The first-order valence-electron chi connectivity index (χ1n) is 6.16. The Labute approximate surface area is 117 Å². The molecule has 0 bridgehead atoms. The lowest BCUT2D eigenvalue weighted by atomic mass is 10.1. The van der Waals surface area contributed by atoms with Crippen molar-refractivity contribution in [1.29, 1.82) is 0 Å². The standard InChI is InChI=1S/C13H15Cl2N3/c14-10-4-3-9(5-11(10)15)12-6-17-13(16)18(12)7-8-1-2-8/h3-5,8,12H,1-2,6-7H2,(H2,16,17). The normalized spacial score (nSPS) is 23.3. The van der Waals surface area contributed by atoms with E-state index in [1.807, 2.05) is 18.2 Å². The van der Waals surface area contributed by atoms with Crippen molar-refractivity contribution in [1.82, 2.24) is 4.90 Å². The topological polar surface area (TPSA) is 41.6 Å². The molecule has 18 heavy (non-hydrogen) atoms. The second kappa shape index (κ2) is 4.63. The van der Waals surface area contributed by atoms with Crippen LogP contribution in [0.1, 0.15) is 24.4 Å².